The minimum Gasteiger partial charge on any atom is -0.495 e. The molecule has 3 N–H and O–H groups in total. The van der Waals surface area contributed by atoms with E-state index in [9.17, 15) is 0 Å². The van der Waals surface area contributed by atoms with Crippen LogP contribution >= 0.6 is 0 Å². The molecule has 0 saturated heterocycles. The predicted octanol–water partition coefficient (Wildman–Crippen LogP) is 1.60. The third-order valence-corrected chi connectivity index (χ3v) is 2.63. The summed E-state index contributed by atoms with van der Waals surface area (Å²) < 4.78 is 5.23. The Balaban J connectivity index is 2.00. The molecule has 1 aromatic rings. The number of ether oxygens (including phenoxy) is 1. The molecule has 14 heavy (non-hydrogen) atoms. The van der Waals surface area contributed by atoms with Gasteiger partial charge in [-0.1, -0.05) is 12.1 Å². The Hall–Kier alpha value is -1.22. The molecule has 1 fully saturated rings. The Labute approximate surface area is 84.3 Å². The highest BCUT2D eigenvalue weighted by Gasteiger charge is 2.37. The Morgan fingerprint density at radius 1 is 1.43 bits per heavy atom. The summed E-state index contributed by atoms with van der Waals surface area (Å²) in [6, 6.07) is 7.89. The van der Waals surface area contributed by atoms with E-state index in [-0.39, 0.29) is 5.54 Å². The molecule has 0 aliphatic heterocycles. The SMILES string of the molecule is COc1ccccc1NCC1(N)CC1. The van der Waals surface area contributed by atoms with Crippen molar-refractivity contribution in [1.29, 1.82) is 0 Å². The molecular formula is C11H16N2O. The van der Waals surface area contributed by atoms with Crippen LogP contribution in [-0.2, 0) is 0 Å². The van der Waals surface area contributed by atoms with Crippen LogP contribution in [0.5, 0.6) is 5.75 Å². The number of nitrogens with one attached hydrogen (secondary N) is 1. The first-order valence-corrected chi connectivity index (χ1v) is 4.89. The summed E-state index contributed by atoms with van der Waals surface area (Å²) >= 11 is 0. The van der Waals surface area contributed by atoms with Gasteiger partial charge in [-0.15, -0.1) is 0 Å². The quantitative estimate of drug-likeness (QED) is 0.761. The molecular weight excluding hydrogens is 176 g/mol. The van der Waals surface area contributed by atoms with E-state index in [1.165, 1.54) is 0 Å². The monoisotopic (exact) mass is 192 g/mol. The van der Waals surface area contributed by atoms with E-state index in [0.29, 0.717) is 0 Å². The second-order valence-corrected chi connectivity index (χ2v) is 3.92. The summed E-state index contributed by atoms with van der Waals surface area (Å²) in [6.45, 7) is 0.827. The lowest BCUT2D eigenvalue weighted by molar-refractivity contribution is 0.416. The number of anilines is 1. The fourth-order valence-electron chi connectivity index (χ4n) is 1.40. The Morgan fingerprint density at radius 3 is 2.79 bits per heavy atom. The van der Waals surface area contributed by atoms with E-state index >= 15 is 0 Å². The van der Waals surface area contributed by atoms with Gasteiger partial charge in [0, 0.05) is 12.1 Å². The van der Waals surface area contributed by atoms with Gasteiger partial charge in [0.05, 0.1) is 12.8 Å². The number of nitrogens with two attached hydrogens (primary N) is 1. The zero-order valence-electron chi connectivity index (χ0n) is 8.42. The molecule has 1 aliphatic carbocycles. The van der Waals surface area contributed by atoms with Crippen LogP contribution in [0.4, 0.5) is 5.69 Å². The van der Waals surface area contributed by atoms with Gasteiger partial charge in [0.1, 0.15) is 5.75 Å². The van der Waals surface area contributed by atoms with Crippen LogP contribution in [0, 0.1) is 0 Å². The molecule has 1 aliphatic rings. The fraction of sp³-hybridized carbons (Fsp3) is 0.455. The Morgan fingerprint density at radius 2 is 2.14 bits per heavy atom. The average molecular weight is 192 g/mol. The van der Waals surface area contributed by atoms with E-state index in [4.69, 9.17) is 10.5 Å². The third kappa shape index (κ3) is 1.99. The minimum absolute atomic E-state index is 0.0286. The van der Waals surface area contributed by atoms with Crippen LogP contribution in [0.2, 0.25) is 0 Å². The van der Waals surface area contributed by atoms with Crippen LogP contribution in [0.25, 0.3) is 0 Å². The smallest absolute Gasteiger partial charge is 0.141 e. The lowest BCUT2D eigenvalue weighted by Crippen LogP contribution is -2.31. The lowest BCUT2D eigenvalue weighted by atomic mass is 10.2. The topological polar surface area (TPSA) is 47.3 Å². The second kappa shape index (κ2) is 3.50. The second-order valence-electron chi connectivity index (χ2n) is 3.92. The summed E-state index contributed by atoms with van der Waals surface area (Å²) in [7, 11) is 1.68. The highest BCUT2D eigenvalue weighted by molar-refractivity contribution is 5.56. The number of hydrogen-bond acceptors (Lipinski definition) is 3. The highest BCUT2D eigenvalue weighted by atomic mass is 16.5. The molecule has 0 unspecified atom stereocenters. The molecule has 76 valence electrons. The van der Waals surface area contributed by atoms with Crippen molar-refractivity contribution < 1.29 is 4.74 Å². The lowest BCUT2D eigenvalue weighted by Gasteiger charge is -2.14. The summed E-state index contributed by atoms with van der Waals surface area (Å²) in [5.41, 5.74) is 7.03. The molecule has 0 radical (unpaired) electrons. The number of rotatable bonds is 4. The normalized spacial score (nSPS) is 17.6. The maximum Gasteiger partial charge on any atom is 0.141 e. The molecule has 1 aromatic carbocycles. The zero-order chi connectivity index (χ0) is 10.0. The Bertz CT molecular complexity index is 321. The predicted molar refractivity (Wildman–Crippen MR) is 57.6 cm³/mol. The van der Waals surface area contributed by atoms with E-state index in [1.54, 1.807) is 7.11 Å². The molecule has 3 heteroatoms. The molecule has 0 spiro atoms. The van der Waals surface area contributed by atoms with Crippen molar-refractivity contribution in [2.75, 3.05) is 19.0 Å². The first kappa shape index (κ1) is 9.34. The first-order chi connectivity index (χ1) is 6.73. The number of methoxy groups -OCH3 is 1. The zero-order valence-corrected chi connectivity index (χ0v) is 8.42. The van der Waals surface area contributed by atoms with Gasteiger partial charge in [0.25, 0.3) is 0 Å². The largest absolute Gasteiger partial charge is 0.495 e. The standard InChI is InChI=1S/C11H16N2O/c1-14-10-5-3-2-4-9(10)13-8-11(12)6-7-11/h2-5,13H,6-8,12H2,1H3. The summed E-state index contributed by atoms with van der Waals surface area (Å²) in [4.78, 5) is 0. The minimum atomic E-state index is 0.0286. The van der Waals surface area contributed by atoms with Crippen LogP contribution in [0.1, 0.15) is 12.8 Å². The Kier molecular flexibility index (Phi) is 2.33. The van der Waals surface area contributed by atoms with Gasteiger partial charge in [-0.2, -0.15) is 0 Å². The van der Waals surface area contributed by atoms with Gasteiger partial charge in [0.15, 0.2) is 0 Å². The first-order valence-electron chi connectivity index (χ1n) is 4.89. The molecule has 0 heterocycles. The van der Waals surface area contributed by atoms with Crippen LogP contribution < -0.4 is 15.8 Å². The van der Waals surface area contributed by atoms with Gasteiger partial charge in [-0.25, -0.2) is 0 Å². The molecule has 0 atom stereocenters. The van der Waals surface area contributed by atoms with E-state index in [2.05, 4.69) is 5.32 Å². The van der Waals surface area contributed by atoms with Crippen LogP contribution in [-0.4, -0.2) is 19.2 Å². The van der Waals surface area contributed by atoms with Crippen molar-refractivity contribution in [3.63, 3.8) is 0 Å². The van der Waals surface area contributed by atoms with Crippen molar-refractivity contribution in [2.45, 2.75) is 18.4 Å². The van der Waals surface area contributed by atoms with Crippen LogP contribution in [0.3, 0.4) is 0 Å². The summed E-state index contributed by atoms with van der Waals surface area (Å²) in [6.07, 6.45) is 2.24. The van der Waals surface area contributed by atoms with Crippen molar-refractivity contribution in [3.05, 3.63) is 24.3 Å². The molecule has 0 bridgehead atoms. The van der Waals surface area contributed by atoms with E-state index in [1.807, 2.05) is 24.3 Å². The van der Waals surface area contributed by atoms with Crippen LogP contribution in [0.15, 0.2) is 24.3 Å². The van der Waals surface area contributed by atoms with Gasteiger partial charge in [-0.05, 0) is 25.0 Å². The van der Waals surface area contributed by atoms with E-state index < -0.39 is 0 Å². The van der Waals surface area contributed by atoms with Gasteiger partial charge >= 0.3 is 0 Å². The van der Waals surface area contributed by atoms with Crippen molar-refractivity contribution in [3.8, 4) is 5.75 Å². The maximum absolute atomic E-state index is 5.98. The highest BCUT2D eigenvalue weighted by Crippen LogP contribution is 2.33. The number of hydrogen-bond donors (Lipinski definition) is 2. The molecule has 0 aromatic heterocycles. The van der Waals surface area contributed by atoms with Gasteiger partial charge in [-0.3, -0.25) is 0 Å². The molecule has 3 nitrogen and oxygen atoms in total. The van der Waals surface area contributed by atoms with Crippen molar-refractivity contribution >= 4 is 5.69 Å². The van der Waals surface area contributed by atoms with E-state index in [0.717, 1.165) is 30.8 Å². The molecule has 2 rings (SSSR count). The summed E-state index contributed by atoms with van der Waals surface area (Å²) in [5.74, 6) is 0.872. The third-order valence-electron chi connectivity index (χ3n) is 2.63. The van der Waals surface area contributed by atoms with Crippen molar-refractivity contribution in [1.82, 2.24) is 0 Å². The maximum atomic E-state index is 5.98. The van der Waals surface area contributed by atoms with Crippen molar-refractivity contribution in [2.24, 2.45) is 5.73 Å². The van der Waals surface area contributed by atoms with Gasteiger partial charge < -0.3 is 15.8 Å². The summed E-state index contributed by atoms with van der Waals surface area (Å²) in [5, 5.41) is 3.32. The number of benzene rings is 1. The number of para-hydroxylation sites is 2. The average Bonchev–Trinajstić information content (AvgIpc) is 2.95. The fourth-order valence-corrected chi connectivity index (χ4v) is 1.40. The molecule has 0 amide bonds. The molecule has 1 saturated carbocycles. The van der Waals surface area contributed by atoms with Gasteiger partial charge in [0.2, 0.25) is 0 Å².